The van der Waals surface area contributed by atoms with Crippen molar-refractivity contribution < 1.29 is 4.74 Å². The molecule has 0 bridgehead atoms. The van der Waals surface area contributed by atoms with Crippen molar-refractivity contribution in [3.8, 4) is 5.75 Å². The Kier molecular flexibility index (Phi) is 10.1. The molecule has 1 aliphatic heterocycles. The second kappa shape index (κ2) is 11.5. The van der Waals surface area contributed by atoms with Crippen LogP contribution in [-0.2, 0) is 6.54 Å². The molecule has 0 aliphatic carbocycles. The topological polar surface area (TPSA) is 48.9 Å². The summed E-state index contributed by atoms with van der Waals surface area (Å²) in [6, 6.07) is 8.65. The van der Waals surface area contributed by atoms with Gasteiger partial charge >= 0.3 is 0 Å². The smallest absolute Gasteiger partial charge is 0.191 e. The standard InChI is InChI=1S/C18H30N4O.HI/c1-4-19-18(21-14-16-10-8-12-22(16)5-2)20-13-15-9-6-7-11-17(15)23-3;/h6-7,9,11,16H,4-5,8,10,12-14H2,1-3H3,(H2,19,20,21);1H. The normalized spacial score (nSPS) is 18.1. The molecule has 1 fully saturated rings. The highest BCUT2D eigenvalue weighted by molar-refractivity contribution is 14.0. The number of aliphatic imine (C=N–C) groups is 1. The minimum atomic E-state index is 0. The van der Waals surface area contributed by atoms with Crippen molar-refractivity contribution in [3.63, 3.8) is 0 Å². The fourth-order valence-corrected chi connectivity index (χ4v) is 3.10. The Morgan fingerprint density at radius 3 is 2.79 bits per heavy atom. The zero-order valence-electron chi connectivity index (χ0n) is 15.0. The summed E-state index contributed by atoms with van der Waals surface area (Å²) in [6.07, 6.45) is 2.57. The van der Waals surface area contributed by atoms with E-state index in [0.717, 1.165) is 36.9 Å². The molecule has 136 valence electrons. The summed E-state index contributed by atoms with van der Waals surface area (Å²) in [4.78, 5) is 7.24. The zero-order valence-corrected chi connectivity index (χ0v) is 17.4. The van der Waals surface area contributed by atoms with Gasteiger partial charge in [0.2, 0.25) is 0 Å². The summed E-state index contributed by atoms with van der Waals surface area (Å²) in [7, 11) is 1.70. The maximum atomic E-state index is 5.39. The van der Waals surface area contributed by atoms with Gasteiger partial charge in [-0.2, -0.15) is 0 Å². The largest absolute Gasteiger partial charge is 0.496 e. The van der Waals surface area contributed by atoms with Gasteiger partial charge in [-0.15, -0.1) is 24.0 Å². The number of halogens is 1. The van der Waals surface area contributed by atoms with Gasteiger partial charge < -0.3 is 15.4 Å². The first-order valence-corrected chi connectivity index (χ1v) is 8.66. The number of hydrogen-bond acceptors (Lipinski definition) is 3. The minimum absolute atomic E-state index is 0. The molecule has 2 rings (SSSR count). The molecule has 0 amide bonds. The number of methoxy groups -OCH3 is 1. The Hall–Kier alpha value is -1.02. The summed E-state index contributed by atoms with van der Waals surface area (Å²) in [5.41, 5.74) is 1.10. The first-order valence-electron chi connectivity index (χ1n) is 8.66. The molecule has 0 aromatic heterocycles. The van der Waals surface area contributed by atoms with Crippen LogP contribution >= 0.6 is 24.0 Å². The molecule has 0 radical (unpaired) electrons. The van der Waals surface area contributed by atoms with E-state index in [1.807, 2.05) is 18.2 Å². The van der Waals surface area contributed by atoms with Crippen LogP contribution < -0.4 is 15.4 Å². The fourth-order valence-electron chi connectivity index (χ4n) is 3.10. The number of guanidine groups is 1. The number of likely N-dealkylation sites (N-methyl/N-ethyl adjacent to an activating group) is 1. The Morgan fingerprint density at radius 1 is 1.29 bits per heavy atom. The van der Waals surface area contributed by atoms with E-state index >= 15 is 0 Å². The van der Waals surface area contributed by atoms with Gasteiger partial charge in [0.25, 0.3) is 0 Å². The van der Waals surface area contributed by atoms with E-state index in [0.29, 0.717) is 12.6 Å². The van der Waals surface area contributed by atoms with Crippen molar-refractivity contribution in [2.45, 2.75) is 39.3 Å². The van der Waals surface area contributed by atoms with Crippen molar-refractivity contribution >= 4 is 29.9 Å². The van der Waals surface area contributed by atoms with Crippen molar-refractivity contribution in [2.75, 3.05) is 33.3 Å². The maximum Gasteiger partial charge on any atom is 0.191 e. The van der Waals surface area contributed by atoms with Crippen LogP contribution in [0.3, 0.4) is 0 Å². The third-order valence-corrected chi connectivity index (χ3v) is 4.35. The van der Waals surface area contributed by atoms with Crippen LogP contribution in [0.15, 0.2) is 29.3 Å². The number of ether oxygens (including phenoxy) is 1. The SMILES string of the molecule is CCNC(=NCc1ccccc1OC)NCC1CCCN1CC.I. The van der Waals surface area contributed by atoms with Gasteiger partial charge in [-0.1, -0.05) is 25.1 Å². The molecule has 1 aromatic carbocycles. The van der Waals surface area contributed by atoms with Gasteiger partial charge in [-0.25, -0.2) is 4.99 Å². The molecule has 1 aliphatic rings. The van der Waals surface area contributed by atoms with Crippen LogP contribution in [0, 0.1) is 0 Å². The number of nitrogens with zero attached hydrogens (tertiary/aromatic N) is 2. The molecule has 6 heteroatoms. The Balaban J connectivity index is 0.00000288. The van der Waals surface area contributed by atoms with Crippen LogP contribution in [-0.4, -0.2) is 50.2 Å². The predicted molar refractivity (Wildman–Crippen MR) is 111 cm³/mol. The highest BCUT2D eigenvalue weighted by Crippen LogP contribution is 2.18. The van der Waals surface area contributed by atoms with Crippen molar-refractivity contribution in [1.82, 2.24) is 15.5 Å². The molecular weight excluding hydrogens is 415 g/mol. The third kappa shape index (κ3) is 6.12. The van der Waals surface area contributed by atoms with Crippen molar-refractivity contribution in [1.29, 1.82) is 0 Å². The molecule has 0 saturated carbocycles. The average molecular weight is 446 g/mol. The van der Waals surface area contributed by atoms with Crippen LogP contribution in [0.2, 0.25) is 0 Å². The van der Waals surface area contributed by atoms with E-state index < -0.39 is 0 Å². The lowest BCUT2D eigenvalue weighted by molar-refractivity contribution is 0.267. The van der Waals surface area contributed by atoms with Crippen LogP contribution in [0.4, 0.5) is 0 Å². The van der Waals surface area contributed by atoms with Gasteiger partial charge in [-0.3, -0.25) is 4.90 Å². The molecule has 5 nitrogen and oxygen atoms in total. The molecule has 24 heavy (non-hydrogen) atoms. The average Bonchev–Trinajstić information content (AvgIpc) is 3.05. The van der Waals surface area contributed by atoms with Gasteiger partial charge in [0.1, 0.15) is 5.75 Å². The van der Waals surface area contributed by atoms with Crippen LogP contribution in [0.25, 0.3) is 0 Å². The van der Waals surface area contributed by atoms with Gasteiger partial charge in [-0.05, 0) is 38.9 Å². The van der Waals surface area contributed by atoms with Gasteiger partial charge in [0.15, 0.2) is 5.96 Å². The first-order chi connectivity index (χ1) is 11.3. The van der Waals surface area contributed by atoms with E-state index in [2.05, 4.69) is 35.4 Å². The molecule has 1 saturated heterocycles. The lowest BCUT2D eigenvalue weighted by Crippen LogP contribution is -2.44. The third-order valence-electron chi connectivity index (χ3n) is 4.35. The number of rotatable bonds is 7. The second-order valence-corrected chi connectivity index (χ2v) is 5.81. The van der Waals surface area contributed by atoms with Crippen LogP contribution in [0.1, 0.15) is 32.3 Å². The highest BCUT2D eigenvalue weighted by atomic mass is 127. The van der Waals surface area contributed by atoms with E-state index in [1.54, 1.807) is 7.11 Å². The zero-order chi connectivity index (χ0) is 16.5. The Morgan fingerprint density at radius 2 is 2.08 bits per heavy atom. The molecule has 1 atom stereocenters. The highest BCUT2D eigenvalue weighted by Gasteiger charge is 2.22. The summed E-state index contributed by atoms with van der Waals surface area (Å²) >= 11 is 0. The molecule has 1 aromatic rings. The molecule has 1 unspecified atom stereocenters. The monoisotopic (exact) mass is 446 g/mol. The summed E-state index contributed by atoms with van der Waals surface area (Å²) < 4.78 is 5.39. The predicted octanol–water partition coefficient (Wildman–Crippen LogP) is 2.85. The van der Waals surface area contributed by atoms with Gasteiger partial charge in [0, 0.05) is 24.7 Å². The van der Waals surface area contributed by atoms with Crippen molar-refractivity contribution in [3.05, 3.63) is 29.8 Å². The number of hydrogen-bond donors (Lipinski definition) is 2. The van der Waals surface area contributed by atoms with Crippen molar-refractivity contribution in [2.24, 2.45) is 4.99 Å². The summed E-state index contributed by atoms with van der Waals surface area (Å²) in [5, 5.41) is 6.82. The Labute approximate surface area is 163 Å². The fraction of sp³-hybridized carbons (Fsp3) is 0.611. The van der Waals surface area contributed by atoms with E-state index in [4.69, 9.17) is 9.73 Å². The van der Waals surface area contributed by atoms with Crippen LogP contribution in [0.5, 0.6) is 5.75 Å². The van der Waals surface area contributed by atoms with Gasteiger partial charge in [0.05, 0.1) is 13.7 Å². The number of nitrogens with one attached hydrogen (secondary N) is 2. The summed E-state index contributed by atoms with van der Waals surface area (Å²) in [5.74, 6) is 1.77. The Bertz CT molecular complexity index is 510. The summed E-state index contributed by atoms with van der Waals surface area (Å²) in [6.45, 7) is 9.10. The lowest BCUT2D eigenvalue weighted by Gasteiger charge is -2.24. The molecule has 2 N–H and O–H groups in total. The minimum Gasteiger partial charge on any atom is -0.496 e. The second-order valence-electron chi connectivity index (χ2n) is 5.81. The first kappa shape index (κ1) is 21.0. The molecule has 0 spiro atoms. The maximum absolute atomic E-state index is 5.39. The number of benzene rings is 1. The lowest BCUT2D eigenvalue weighted by atomic mass is 10.2. The van der Waals surface area contributed by atoms with E-state index in [9.17, 15) is 0 Å². The van der Waals surface area contributed by atoms with E-state index in [1.165, 1.54) is 19.4 Å². The van der Waals surface area contributed by atoms with E-state index in [-0.39, 0.29) is 24.0 Å². The number of likely N-dealkylation sites (tertiary alicyclic amines) is 1. The number of para-hydroxylation sites is 1. The molecular formula is C18H31IN4O. The quantitative estimate of drug-likeness (QED) is 0.384. The molecule has 1 heterocycles.